The van der Waals surface area contributed by atoms with Gasteiger partial charge in [0.25, 0.3) is 0 Å². The lowest BCUT2D eigenvalue weighted by Gasteiger charge is -2.04. The third-order valence-electron chi connectivity index (χ3n) is 2.67. The van der Waals surface area contributed by atoms with Gasteiger partial charge in [-0.1, -0.05) is 23.2 Å². The number of hydrogen-bond donors (Lipinski definition) is 1. The lowest BCUT2D eigenvalue weighted by molar-refractivity contribution is 0.614. The summed E-state index contributed by atoms with van der Waals surface area (Å²) >= 11 is 11.9. The van der Waals surface area contributed by atoms with Crippen LogP contribution in [0.15, 0.2) is 34.7 Å². The van der Waals surface area contributed by atoms with Crippen LogP contribution in [0.25, 0.3) is 22.6 Å². The van der Waals surface area contributed by atoms with Crippen molar-refractivity contribution >= 4 is 40.0 Å². The zero-order valence-corrected chi connectivity index (χ0v) is 11.0. The van der Waals surface area contributed by atoms with Crippen LogP contribution in [-0.4, -0.2) is 4.98 Å². The number of nitrogens with two attached hydrogens (primary N) is 1. The van der Waals surface area contributed by atoms with Crippen molar-refractivity contribution in [2.45, 2.75) is 0 Å². The molecule has 2 aromatic carbocycles. The van der Waals surface area contributed by atoms with Crippen LogP contribution in [0.4, 0.5) is 10.1 Å². The molecule has 0 aliphatic heterocycles. The number of fused-ring (bicyclic) bond motifs is 1. The Balaban J connectivity index is 2.24. The lowest BCUT2D eigenvalue weighted by atomic mass is 10.2. The highest BCUT2D eigenvalue weighted by molar-refractivity contribution is 6.37. The number of oxazole rings is 1. The van der Waals surface area contributed by atoms with E-state index in [1.807, 2.05) is 0 Å². The van der Waals surface area contributed by atoms with Gasteiger partial charge in [-0.15, -0.1) is 0 Å². The summed E-state index contributed by atoms with van der Waals surface area (Å²) in [4.78, 5) is 4.18. The van der Waals surface area contributed by atoms with Crippen molar-refractivity contribution in [2.24, 2.45) is 0 Å². The third kappa shape index (κ3) is 2.13. The minimum Gasteiger partial charge on any atom is -0.436 e. The van der Waals surface area contributed by atoms with Gasteiger partial charge < -0.3 is 10.2 Å². The van der Waals surface area contributed by atoms with E-state index >= 15 is 0 Å². The van der Waals surface area contributed by atoms with Gasteiger partial charge in [0, 0.05) is 11.1 Å². The average Bonchev–Trinajstić information content (AvgIpc) is 2.76. The maximum absolute atomic E-state index is 13.1. The standard InChI is InChI=1S/C13H7Cl2FN2O/c14-6-3-8(12(17)9(15)4-6)13-18-10-5-7(16)1-2-11(10)19-13/h1-5H,17H2. The summed E-state index contributed by atoms with van der Waals surface area (Å²) in [5, 5.41) is 0.735. The van der Waals surface area contributed by atoms with Crippen molar-refractivity contribution in [3.8, 4) is 11.5 Å². The van der Waals surface area contributed by atoms with Gasteiger partial charge >= 0.3 is 0 Å². The molecule has 0 aliphatic rings. The van der Waals surface area contributed by atoms with Gasteiger partial charge in [0.1, 0.15) is 11.3 Å². The monoisotopic (exact) mass is 296 g/mol. The van der Waals surface area contributed by atoms with Gasteiger partial charge in [0.2, 0.25) is 5.89 Å². The molecule has 2 N–H and O–H groups in total. The van der Waals surface area contributed by atoms with Crippen LogP contribution in [0.1, 0.15) is 0 Å². The second-order valence-electron chi connectivity index (χ2n) is 3.98. The van der Waals surface area contributed by atoms with Crippen molar-refractivity contribution in [1.82, 2.24) is 4.98 Å². The maximum atomic E-state index is 13.1. The van der Waals surface area contributed by atoms with E-state index in [0.29, 0.717) is 32.4 Å². The summed E-state index contributed by atoms with van der Waals surface area (Å²) in [7, 11) is 0. The number of aromatic nitrogens is 1. The first-order valence-electron chi connectivity index (χ1n) is 5.35. The van der Waals surface area contributed by atoms with Gasteiger partial charge in [-0.25, -0.2) is 9.37 Å². The summed E-state index contributed by atoms with van der Waals surface area (Å²) in [5.41, 5.74) is 7.54. The average molecular weight is 297 g/mol. The van der Waals surface area contributed by atoms with E-state index in [0.717, 1.165) is 0 Å². The van der Waals surface area contributed by atoms with Crippen molar-refractivity contribution < 1.29 is 8.81 Å². The summed E-state index contributed by atoms with van der Waals surface area (Å²) in [5.74, 6) is -0.132. The minimum absolute atomic E-state index is 0.252. The van der Waals surface area contributed by atoms with Crippen LogP contribution in [-0.2, 0) is 0 Å². The highest BCUT2D eigenvalue weighted by Gasteiger charge is 2.14. The van der Waals surface area contributed by atoms with Crippen LogP contribution in [0, 0.1) is 5.82 Å². The molecule has 1 aromatic heterocycles. The summed E-state index contributed by atoms with van der Waals surface area (Å²) < 4.78 is 18.6. The molecule has 0 fully saturated rings. The molecular formula is C13H7Cl2FN2O. The van der Waals surface area contributed by atoms with Crippen LogP contribution in [0.5, 0.6) is 0 Å². The van der Waals surface area contributed by atoms with Crippen molar-refractivity contribution in [3.63, 3.8) is 0 Å². The van der Waals surface area contributed by atoms with E-state index < -0.39 is 0 Å². The molecule has 3 nitrogen and oxygen atoms in total. The number of benzene rings is 2. The molecule has 0 bridgehead atoms. The molecular weight excluding hydrogens is 290 g/mol. The van der Waals surface area contributed by atoms with Crippen LogP contribution in [0.3, 0.4) is 0 Å². The smallest absolute Gasteiger partial charge is 0.229 e. The molecule has 0 unspecified atom stereocenters. The van der Waals surface area contributed by atoms with Crippen molar-refractivity contribution in [2.75, 3.05) is 5.73 Å². The van der Waals surface area contributed by atoms with E-state index in [2.05, 4.69) is 4.98 Å². The molecule has 19 heavy (non-hydrogen) atoms. The summed E-state index contributed by atoms with van der Waals surface area (Å²) in [6, 6.07) is 7.22. The fourth-order valence-corrected chi connectivity index (χ4v) is 2.27. The van der Waals surface area contributed by atoms with E-state index in [9.17, 15) is 4.39 Å². The Labute approximate surface area is 117 Å². The first-order valence-corrected chi connectivity index (χ1v) is 6.11. The van der Waals surface area contributed by atoms with Crippen LogP contribution in [0.2, 0.25) is 10.0 Å². The zero-order valence-electron chi connectivity index (χ0n) is 9.45. The molecule has 0 amide bonds. The second kappa shape index (κ2) is 4.40. The normalized spacial score (nSPS) is 11.1. The van der Waals surface area contributed by atoms with Crippen LogP contribution < -0.4 is 5.73 Å². The van der Waals surface area contributed by atoms with Gasteiger partial charge in [0.15, 0.2) is 5.58 Å². The van der Waals surface area contributed by atoms with Crippen molar-refractivity contribution in [3.05, 3.63) is 46.2 Å². The van der Waals surface area contributed by atoms with E-state index in [-0.39, 0.29) is 11.7 Å². The minimum atomic E-state index is -0.385. The Kier molecular flexibility index (Phi) is 2.84. The second-order valence-corrected chi connectivity index (χ2v) is 4.82. The molecule has 0 saturated heterocycles. The fraction of sp³-hybridized carbons (Fsp3) is 0. The molecule has 0 aliphatic carbocycles. The number of hydrogen-bond acceptors (Lipinski definition) is 3. The molecule has 96 valence electrons. The predicted octanol–water partition coefficient (Wildman–Crippen LogP) is 4.52. The highest BCUT2D eigenvalue weighted by atomic mass is 35.5. The van der Waals surface area contributed by atoms with E-state index in [1.54, 1.807) is 6.07 Å². The summed E-state index contributed by atoms with van der Waals surface area (Å²) in [6.45, 7) is 0. The first-order chi connectivity index (χ1) is 9.04. The molecule has 0 spiro atoms. The number of halogens is 3. The van der Waals surface area contributed by atoms with Crippen LogP contribution >= 0.6 is 23.2 Å². The third-order valence-corrected chi connectivity index (χ3v) is 3.21. The SMILES string of the molecule is Nc1c(Cl)cc(Cl)cc1-c1nc2cc(F)ccc2o1. The number of anilines is 1. The zero-order chi connectivity index (χ0) is 13.6. The first kappa shape index (κ1) is 12.3. The Hall–Kier alpha value is -1.78. The quantitative estimate of drug-likeness (QED) is 0.672. The van der Waals surface area contributed by atoms with Gasteiger partial charge in [0.05, 0.1) is 16.3 Å². The Bertz CT molecular complexity index is 786. The highest BCUT2D eigenvalue weighted by Crippen LogP contribution is 2.35. The topological polar surface area (TPSA) is 52.0 Å². The van der Waals surface area contributed by atoms with Gasteiger partial charge in [-0.05, 0) is 24.3 Å². The molecule has 0 radical (unpaired) electrons. The predicted molar refractivity (Wildman–Crippen MR) is 73.8 cm³/mol. The van der Waals surface area contributed by atoms with E-state index in [1.165, 1.54) is 24.3 Å². The number of rotatable bonds is 1. The summed E-state index contributed by atoms with van der Waals surface area (Å²) in [6.07, 6.45) is 0. The largest absolute Gasteiger partial charge is 0.436 e. The molecule has 0 atom stereocenters. The Morgan fingerprint density at radius 3 is 2.74 bits per heavy atom. The fourth-order valence-electron chi connectivity index (χ4n) is 1.78. The number of nitrogens with zero attached hydrogens (tertiary/aromatic N) is 1. The molecule has 3 aromatic rings. The van der Waals surface area contributed by atoms with E-state index in [4.69, 9.17) is 33.4 Å². The molecule has 1 heterocycles. The number of nitrogen functional groups attached to an aromatic ring is 1. The van der Waals surface area contributed by atoms with Gasteiger partial charge in [-0.3, -0.25) is 0 Å². The molecule has 3 rings (SSSR count). The molecule has 0 saturated carbocycles. The van der Waals surface area contributed by atoms with Crippen molar-refractivity contribution in [1.29, 1.82) is 0 Å². The Morgan fingerprint density at radius 1 is 1.16 bits per heavy atom. The maximum Gasteiger partial charge on any atom is 0.229 e. The lowest BCUT2D eigenvalue weighted by Crippen LogP contribution is -1.91. The van der Waals surface area contributed by atoms with Gasteiger partial charge in [-0.2, -0.15) is 0 Å². The Morgan fingerprint density at radius 2 is 1.95 bits per heavy atom. The molecule has 6 heteroatoms.